The number of hydrogen-bond donors (Lipinski definition) is 1. The molecule has 4 nitrogen and oxygen atoms in total. The van der Waals surface area contributed by atoms with Crippen LogP contribution >= 0.6 is 0 Å². The minimum absolute atomic E-state index is 0.0304. The maximum atomic E-state index is 12.0. The van der Waals surface area contributed by atoms with Gasteiger partial charge < -0.3 is 10.1 Å². The Bertz CT molecular complexity index is 294. The number of carbonyl (C=O) groups is 1. The number of cyclic esters (lactones) is 1. The van der Waals surface area contributed by atoms with Gasteiger partial charge in [0.05, 0.1) is 5.54 Å². The van der Waals surface area contributed by atoms with Crippen LogP contribution in [0.2, 0.25) is 0 Å². The van der Waals surface area contributed by atoms with Gasteiger partial charge in [-0.25, -0.2) is 4.79 Å². The average molecular weight is 238 g/mol. The third-order valence-corrected chi connectivity index (χ3v) is 4.56. The molecule has 0 aromatic carbocycles. The van der Waals surface area contributed by atoms with Gasteiger partial charge in [0.15, 0.2) is 0 Å². The SMILES string of the molecule is O=C1OCC2(CCCNC2)N1C1CCCCC1. The van der Waals surface area contributed by atoms with Crippen LogP contribution in [-0.4, -0.2) is 42.3 Å². The molecule has 3 fully saturated rings. The van der Waals surface area contributed by atoms with Crippen LogP contribution in [0.15, 0.2) is 0 Å². The van der Waals surface area contributed by atoms with Crippen LogP contribution in [0.25, 0.3) is 0 Å². The van der Waals surface area contributed by atoms with E-state index in [2.05, 4.69) is 10.2 Å². The fourth-order valence-corrected chi connectivity index (χ4v) is 3.69. The predicted molar refractivity (Wildman–Crippen MR) is 64.9 cm³/mol. The van der Waals surface area contributed by atoms with Crippen molar-refractivity contribution in [2.45, 2.75) is 56.5 Å². The molecule has 0 aromatic heterocycles. The zero-order valence-corrected chi connectivity index (χ0v) is 10.4. The maximum absolute atomic E-state index is 12.0. The van der Waals surface area contributed by atoms with Crippen LogP contribution in [-0.2, 0) is 4.74 Å². The van der Waals surface area contributed by atoms with Gasteiger partial charge in [-0.15, -0.1) is 0 Å². The molecule has 1 N–H and O–H groups in total. The van der Waals surface area contributed by atoms with E-state index in [-0.39, 0.29) is 11.6 Å². The first-order valence-corrected chi connectivity index (χ1v) is 6.99. The van der Waals surface area contributed by atoms with Gasteiger partial charge in [-0.3, -0.25) is 4.90 Å². The molecule has 0 aromatic rings. The fraction of sp³-hybridized carbons (Fsp3) is 0.923. The molecule has 0 bridgehead atoms. The number of piperidine rings is 1. The maximum Gasteiger partial charge on any atom is 0.410 e. The topological polar surface area (TPSA) is 41.6 Å². The van der Waals surface area contributed by atoms with Gasteiger partial charge in [-0.1, -0.05) is 19.3 Å². The van der Waals surface area contributed by atoms with Gasteiger partial charge in [0.25, 0.3) is 0 Å². The second-order valence-corrected chi connectivity index (χ2v) is 5.72. The van der Waals surface area contributed by atoms with Gasteiger partial charge in [0, 0.05) is 12.6 Å². The van der Waals surface area contributed by atoms with E-state index in [0.29, 0.717) is 12.6 Å². The highest BCUT2D eigenvalue weighted by Crippen LogP contribution is 2.36. The van der Waals surface area contributed by atoms with Gasteiger partial charge >= 0.3 is 6.09 Å². The highest BCUT2D eigenvalue weighted by Gasteiger charge is 2.50. The molecule has 1 amide bonds. The lowest BCUT2D eigenvalue weighted by molar-refractivity contribution is 0.0765. The monoisotopic (exact) mass is 238 g/mol. The predicted octanol–water partition coefficient (Wildman–Crippen LogP) is 1.89. The summed E-state index contributed by atoms with van der Waals surface area (Å²) in [6, 6.07) is 0.429. The van der Waals surface area contributed by atoms with E-state index < -0.39 is 0 Å². The Balaban J connectivity index is 1.80. The molecule has 2 heterocycles. The van der Waals surface area contributed by atoms with Crippen LogP contribution in [0.3, 0.4) is 0 Å². The average Bonchev–Trinajstić information content (AvgIpc) is 2.68. The third kappa shape index (κ3) is 1.92. The number of nitrogens with zero attached hydrogens (tertiary/aromatic N) is 1. The Morgan fingerprint density at radius 2 is 2.06 bits per heavy atom. The van der Waals surface area contributed by atoms with Gasteiger partial charge in [0.2, 0.25) is 0 Å². The Hall–Kier alpha value is -0.770. The summed E-state index contributed by atoms with van der Waals surface area (Å²) in [5, 5.41) is 3.43. The van der Waals surface area contributed by atoms with Crippen LogP contribution < -0.4 is 5.32 Å². The van der Waals surface area contributed by atoms with Gasteiger partial charge in [-0.05, 0) is 32.2 Å². The molecule has 1 spiro atoms. The summed E-state index contributed by atoms with van der Waals surface area (Å²) < 4.78 is 5.36. The van der Waals surface area contributed by atoms with Crippen molar-refractivity contribution in [3.05, 3.63) is 0 Å². The zero-order valence-electron chi connectivity index (χ0n) is 10.4. The summed E-state index contributed by atoms with van der Waals surface area (Å²) in [5.41, 5.74) is -0.0304. The van der Waals surface area contributed by atoms with Crippen LogP contribution in [0.5, 0.6) is 0 Å². The molecule has 17 heavy (non-hydrogen) atoms. The van der Waals surface area contributed by atoms with E-state index in [1.807, 2.05) is 0 Å². The third-order valence-electron chi connectivity index (χ3n) is 4.56. The minimum Gasteiger partial charge on any atom is -0.447 e. The second kappa shape index (κ2) is 4.48. The second-order valence-electron chi connectivity index (χ2n) is 5.72. The van der Waals surface area contributed by atoms with Crippen LogP contribution in [0.1, 0.15) is 44.9 Å². The van der Waals surface area contributed by atoms with Crippen molar-refractivity contribution in [2.75, 3.05) is 19.7 Å². The number of hydrogen-bond acceptors (Lipinski definition) is 3. The molecule has 3 aliphatic rings. The quantitative estimate of drug-likeness (QED) is 0.758. The Morgan fingerprint density at radius 1 is 1.24 bits per heavy atom. The van der Waals surface area contributed by atoms with Crippen LogP contribution in [0.4, 0.5) is 4.79 Å². The normalized spacial score (nSPS) is 35.3. The summed E-state index contributed by atoms with van der Waals surface area (Å²) in [5.74, 6) is 0. The molecule has 96 valence electrons. The first kappa shape index (κ1) is 11.3. The van der Waals surface area contributed by atoms with E-state index >= 15 is 0 Å². The lowest BCUT2D eigenvalue weighted by atomic mass is 9.85. The molecule has 2 saturated heterocycles. The number of rotatable bonds is 1. The first-order valence-electron chi connectivity index (χ1n) is 6.99. The lowest BCUT2D eigenvalue weighted by Crippen LogP contribution is -2.60. The number of amides is 1. The lowest BCUT2D eigenvalue weighted by Gasteiger charge is -2.44. The van der Waals surface area contributed by atoms with Crippen molar-refractivity contribution >= 4 is 6.09 Å². The van der Waals surface area contributed by atoms with E-state index in [1.165, 1.54) is 19.3 Å². The molecular weight excluding hydrogens is 216 g/mol. The molecule has 0 radical (unpaired) electrons. The summed E-state index contributed by atoms with van der Waals surface area (Å²) >= 11 is 0. The minimum atomic E-state index is -0.0689. The summed E-state index contributed by atoms with van der Waals surface area (Å²) in [6.07, 6.45) is 8.36. The molecule has 1 atom stereocenters. The molecule has 1 saturated carbocycles. The standard InChI is InChI=1S/C13H22N2O2/c16-12-15(11-5-2-1-3-6-11)13(10-17-12)7-4-8-14-9-13/h11,14H,1-10H2. The zero-order chi connectivity index (χ0) is 11.7. The highest BCUT2D eigenvalue weighted by atomic mass is 16.6. The van der Waals surface area contributed by atoms with E-state index in [4.69, 9.17) is 4.74 Å². The van der Waals surface area contributed by atoms with Crippen molar-refractivity contribution in [2.24, 2.45) is 0 Å². The van der Waals surface area contributed by atoms with Crippen molar-refractivity contribution in [3.63, 3.8) is 0 Å². The number of carbonyl (C=O) groups excluding carboxylic acids is 1. The molecular formula is C13H22N2O2. The van der Waals surface area contributed by atoms with E-state index in [9.17, 15) is 4.79 Å². The van der Waals surface area contributed by atoms with Crippen molar-refractivity contribution in [3.8, 4) is 0 Å². The summed E-state index contributed by atoms with van der Waals surface area (Å²) in [6.45, 7) is 2.58. The summed E-state index contributed by atoms with van der Waals surface area (Å²) in [4.78, 5) is 14.1. The Kier molecular flexibility index (Phi) is 2.99. The molecule has 1 aliphatic carbocycles. The Labute approximate surface area is 103 Å². The first-order chi connectivity index (χ1) is 8.32. The van der Waals surface area contributed by atoms with Crippen molar-refractivity contribution in [1.29, 1.82) is 0 Å². The number of ether oxygens (including phenoxy) is 1. The van der Waals surface area contributed by atoms with E-state index in [0.717, 1.165) is 38.8 Å². The molecule has 3 rings (SSSR count). The van der Waals surface area contributed by atoms with Crippen molar-refractivity contribution in [1.82, 2.24) is 10.2 Å². The number of nitrogens with one attached hydrogen (secondary N) is 1. The molecule has 1 unspecified atom stereocenters. The van der Waals surface area contributed by atoms with E-state index in [1.54, 1.807) is 0 Å². The fourth-order valence-electron chi connectivity index (χ4n) is 3.69. The summed E-state index contributed by atoms with van der Waals surface area (Å²) in [7, 11) is 0. The molecule has 4 heteroatoms. The Morgan fingerprint density at radius 3 is 2.76 bits per heavy atom. The van der Waals surface area contributed by atoms with Gasteiger partial charge in [-0.2, -0.15) is 0 Å². The molecule has 2 aliphatic heterocycles. The smallest absolute Gasteiger partial charge is 0.410 e. The van der Waals surface area contributed by atoms with Gasteiger partial charge in [0.1, 0.15) is 6.61 Å². The highest BCUT2D eigenvalue weighted by molar-refractivity contribution is 5.71. The largest absolute Gasteiger partial charge is 0.447 e. The van der Waals surface area contributed by atoms with Crippen LogP contribution in [0, 0.1) is 0 Å². The van der Waals surface area contributed by atoms with Crippen molar-refractivity contribution < 1.29 is 9.53 Å².